The zero-order valence-electron chi connectivity index (χ0n) is 15.3. The highest BCUT2D eigenvalue weighted by Crippen LogP contribution is 2.25. The lowest BCUT2D eigenvalue weighted by molar-refractivity contribution is 0.393. The van der Waals surface area contributed by atoms with Crippen molar-refractivity contribution in [1.29, 1.82) is 0 Å². The van der Waals surface area contributed by atoms with Crippen LogP contribution in [0.2, 0.25) is 0 Å². The molecule has 4 rings (SSSR count). The Labute approximate surface area is 157 Å². The molecule has 4 aromatic rings. The number of methoxy groups -OCH3 is 2. The van der Waals surface area contributed by atoms with Gasteiger partial charge in [-0.05, 0) is 29.8 Å². The zero-order valence-corrected chi connectivity index (χ0v) is 15.3. The summed E-state index contributed by atoms with van der Waals surface area (Å²) in [5.41, 5.74) is 3.68. The number of hydrogen-bond donors (Lipinski definition) is 0. The first kappa shape index (κ1) is 17.0. The Bertz CT molecular complexity index is 1190. The minimum Gasteiger partial charge on any atom is -0.497 e. The first-order valence-electron chi connectivity index (χ1n) is 8.76. The van der Waals surface area contributed by atoms with E-state index in [4.69, 9.17) is 13.9 Å². The van der Waals surface area contributed by atoms with Gasteiger partial charge in [0.1, 0.15) is 22.3 Å². The van der Waals surface area contributed by atoms with Gasteiger partial charge in [-0.3, -0.25) is 0 Å². The fraction of sp³-hybridized carbons (Fsp3) is 0.0833. The van der Waals surface area contributed by atoms with Gasteiger partial charge in [-0.2, -0.15) is 0 Å². The van der Waals surface area contributed by atoms with E-state index < -0.39 is 0 Å². The summed E-state index contributed by atoms with van der Waals surface area (Å²) < 4.78 is 17.0. The van der Waals surface area contributed by atoms with Crippen molar-refractivity contribution in [2.45, 2.75) is 0 Å². The van der Waals surface area contributed by atoms with Gasteiger partial charge in [0.15, 0.2) is 0 Å². The van der Waals surface area contributed by atoms with E-state index in [0.717, 1.165) is 44.2 Å². The van der Waals surface area contributed by atoms with E-state index in [1.54, 1.807) is 14.2 Å². The molecule has 0 amide bonds. The van der Waals surface area contributed by atoms with Crippen molar-refractivity contribution in [3.8, 4) is 11.5 Å². The zero-order chi connectivity index (χ0) is 18.6. The Morgan fingerprint density at radius 2 is 1.37 bits per heavy atom. The number of hydrogen-bond acceptors (Lipinski definition) is 3. The van der Waals surface area contributed by atoms with Crippen LogP contribution in [0.4, 0.5) is 0 Å². The number of fused-ring (bicyclic) bond motifs is 1. The van der Waals surface area contributed by atoms with Crippen molar-refractivity contribution in [2.24, 2.45) is 0 Å². The van der Waals surface area contributed by atoms with Gasteiger partial charge in [-0.25, -0.2) is 0 Å². The molecule has 0 radical (unpaired) electrons. The number of ether oxygens (including phenoxy) is 2. The largest absolute Gasteiger partial charge is 0.497 e. The van der Waals surface area contributed by atoms with Crippen LogP contribution in [0.25, 0.3) is 22.9 Å². The van der Waals surface area contributed by atoms with Crippen molar-refractivity contribution in [3.63, 3.8) is 0 Å². The highest BCUT2D eigenvalue weighted by molar-refractivity contribution is 5.85. The van der Waals surface area contributed by atoms with Crippen LogP contribution in [-0.2, 0) is 0 Å². The molecule has 27 heavy (non-hydrogen) atoms. The summed E-state index contributed by atoms with van der Waals surface area (Å²) in [6.45, 7) is 0. The van der Waals surface area contributed by atoms with Crippen LogP contribution >= 0.6 is 0 Å². The summed E-state index contributed by atoms with van der Waals surface area (Å²) in [5, 5.41) is 2.15. The summed E-state index contributed by atoms with van der Waals surface area (Å²) >= 11 is 0. The van der Waals surface area contributed by atoms with E-state index in [0.29, 0.717) is 0 Å². The minimum atomic E-state index is 0.739. The van der Waals surface area contributed by atoms with Gasteiger partial charge in [0.25, 0.3) is 0 Å². The van der Waals surface area contributed by atoms with E-state index in [9.17, 15) is 0 Å². The average Bonchev–Trinajstić information content (AvgIpc) is 3.06. The lowest BCUT2D eigenvalue weighted by atomic mass is 10.1. The Morgan fingerprint density at radius 3 is 2.04 bits per heavy atom. The van der Waals surface area contributed by atoms with Gasteiger partial charge >= 0.3 is 0 Å². The van der Waals surface area contributed by atoms with Crippen molar-refractivity contribution >= 4 is 22.9 Å². The van der Waals surface area contributed by atoms with E-state index in [1.165, 1.54) is 0 Å². The summed E-state index contributed by atoms with van der Waals surface area (Å²) in [6.07, 6.45) is 4.06. The molecule has 0 saturated heterocycles. The summed E-state index contributed by atoms with van der Waals surface area (Å²) in [4.78, 5) is 0. The van der Waals surface area contributed by atoms with Crippen molar-refractivity contribution in [2.75, 3.05) is 14.2 Å². The molecule has 0 bridgehead atoms. The first-order valence-corrected chi connectivity index (χ1v) is 8.76. The standard InChI is InChI=1S/C24H20O3/c1-25-19-13-12-18(22(16-19)26-2)15-24-21-11-7-6-10-20(21)23(27-24)14-17-8-4-3-5-9-17/h3-16H,1-2H3/b23-14+,24-15+. The van der Waals surface area contributed by atoms with E-state index >= 15 is 0 Å². The molecule has 0 unspecified atom stereocenters. The molecule has 0 fully saturated rings. The third-order valence-electron chi connectivity index (χ3n) is 4.50. The molecule has 3 nitrogen and oxygen atoms in total. The van der Waals surface area contributed by atoms with Gasteiger partial charge in [0.2, 0.25) is 0 Å². The smallest absolute Gasteiger partial charge is 0.136 e. The molecule has 1 aromatic heterocycles. The van der Waals surface area contributed by atoms with Gasteiger partial charge in [-0.1, -0.05) is 54.6 Å². The lowest BCUT2D eigenvalue weighted by Crippen LogP contribution is -2.01. The fourth-order valence-corrected chi connectivity index (χ4v) is 3.14. The summed E-state index contributed by atoms with van der Waals surface area (Å²) in [7, 11) is 3.30. The molecule has 0 atom stereocenters. The monoisotopic (exact) mass is 356 g/mol. The van der Waals surface area contributed by atoms with Gasteiger partial charge in [-0.15, -0.1) is 0 Å². The van der Waals surface area contributed by atoms with Gasteiger partial charge < -0.3 is 13.9 Å². The van der Waals surface area contributed by atoms with Crippen LogP contribution in [0.5, 0.6) is 11.5 Å². The Balaban J connectivity index is 1.94. The average molecular weight is 356 g/mol. The molecule has 3 aromatic carbocycles. The number of rotatable bonds is 4. The molecular weight excluding hydrogens is 336 g/mol. The third-order valence-corrected chi connectivity index (χ3v) is 4.50. The summed E-state index contributed by atoms with van der Waals surface area (Å²) in [5.74, 6) is 1.50. The quantitative estimate of drug-likeness (QED) is 0.552. The second-order valence-corrected chi connectivity index (χ2v) is 6.18. The topological polar surface area (TPSA) is 31.6 Å². The molecule has 0 N–H and O–H groups in total. The fourth-order valence-electron chi connectivity index (χ4n) is 3.14. The Kier molecular flexibility index (Phi) is 4.67. The van der Waals surface area contributed by atoms with E-state index in [-0.39, 0.29) is 0 Å². The predicted molar refractivity (Wildman–Crippen MR) is 109 cm³/mol. The van der Waals surface area contributed by atoms with Crippen LogP contribution in [0.1, 0.15) is 11.1 Å². The van der Waals surface area contributed by atoms with Crippen LogP contribution in [-0.4, -0.2) is 14.2 Å². The third kappa shape index (κ3) is 3.44. The second-order valence-electron chi connectivity index (χ2n) is 6.18. The maximum atomic E-state index is 6.23. The maximum absolute atomic E-state index is 6.23. The highest BCUT2D eigenvalue weighted by Gasteiger charge is 2.06. The molecule has 0 aliphatic carbocycles. The lowest BCUT2D eigenvalue weighted by Gasteiger charge is -2.06. The van der Waals surface area contributed by atoms with Crippen LogP contribution in [0.15, 0.2) is 77.2 Å². The van der Waals surface area contributed by atoms with E-state index in [1.807, 2.05) is 54.6 Å². The molecule has 0 spiro atoms. The molecule has 3 heteroatoms. The molecule has 1 heterocycles. The van der Waals surface area contributed by atoms with Gasteiger partial charge in [0.05, 0.1) is 14.2 Å². The highest BCUT2D eigenvalue weighted by atomic mass is 16.5. The maximum Gasteiger partial charge on any atom is 0.136 e. The first-order chi connectivity index (χ1) is 13.3. The minimum absolute atomic E-state index is 0.739. The molecular formula is C24H20O3. The Hall–Kier alpha value is -3.46. The van der Waals surface area contributed by atoms with Crippen LogP contribution in [0.3, 0.4) is 0 Å². The second kappa shape index (κ2) is 7.42. The SMILES string of the molecule is COc1ccc(/C=c2/o/c(=C/c3ccccc3)c3ccccc23)c(OC)c1. The predicted octanol–water partition coefficient (Wildman–Crippen LogP) is 4.11. The molecule has 0 saturated carbocycles. The normalized spacial score (nSPS) is 12.5. The molecule has 134 valence electrons. The molecule has 0 aliphatic rings. The number of benzene rings is 3. The van der Waals surface area contributed by atoms with Crippen molar-refractivity contribution in [3.05, 3.63) is 94.8 Å². The summed E-state index contributed by atoms with van der Waals surface area (Å²) in [6, 6.07) is 24.1. The van der Waals surface area contributed by atoms with E-state index in [2.05, 4.69) is 30.3 Å². The molecule has 0 aliphatic heterocycles. The van der Waals surface area contributed by atoms with Crippen molar-refractivity contribution < 1.29 is 13.9 Å². The van der Waals surface area contributed by atoms with Crippen molar-refractivity contribution in [1.82, 2.24) is 0 Å². The van der Waals surface area contributed by atoms with Gasteiger partial charge in [0, 0.05) is 22.4 Å². The Morgan fingerprint density at radius 1 is 0.704 bits per heavy atom. The van der Waals surface area contributed by atoms with Crippen LogP contribution in [0, 0.1) is 0 Å². The van der Waals surface area contributed by atoms with Crippen LogP contribution < -0.4 is 20.3 Å². The number of furan rings is 1.